The highest BCUT2D eigenvalue weighted by molar-refractivity contribution is 5.98. The van der Waals surface area contributed by atoms with Crippen molar-refractivity contribution in [2.24, 2.45) is 0 Å². The van der Waals surface area contributed by atoms with E-state index < -0.39 is 0 Å². The van der Waals surface area contributed by atoms with E-state index in [0.717, 1.165) is 38.3 Å². The summed E-state index contributed by atoms with van der Waals surface area (Å²) in [7, 11) is 0. The van der Waals surface area contributed by atoms with E-state index in [1.807, 2.05) is 11.8 Å². The minimum Gasteiger partial charge on any atom is -0.494 e. The number of hydrogen-bond donors (Lipinski definition) is 1. The van der Waals surface area contributed by atoms with Gasteiger partial charge < -0.3 is 15.0 Å². The Hall–Kier alpha value is -1.59. The molecule has 0 bridgehead atoms. The molecule has 1 aromatic rings. The molecule has 1 saturated heterocycles. The summed E-state index contributed by atoms with van der Waals surface area (Å²) >= 11 is 0. The number of nitrogens with one attached hydrogen (secondary N) is 1. The van der Waals surface area contributed by atoms with Crippen LogP contribution in [0.15, 0.2) is 24.3 Å². The van der Waals surface area contributed by atoms with E-state index in [-0.39, 0.29) is 36.9 Å². The molecule has 1 aromatic carbocycles. The number of carbonyl (C=O) groups excluding carboxylic acids is 2. The lowest BCUT2D eigenvalue weighted by atomic mass is 10.1. The SMILES string of the molecule is CCCOc1ccc(C(=O)CCC(=O)N2CCNCC2)cc1.Cl. The van der Waals surface area contributed by atoms with Crippen molar-refractivity contribution in [2.75, 3.05) is 32.8 Å². The zero-order chi connectivity index (χ0) is 15.8. The number of Topliss-reactive ketones (excluding diaryl/α,β-unsaturated/α-hetero) is 1. The van der Waals surface area contributed by atoms with Gasteiger partial charge in [0, 0.05) is 44.6 Å². The number of rotatable bonds is 7. The number of benzene rings is 1. The molecule has 0 spiro atoms. The number of nitrogens with zero attached hydrogens (tertiary/aromatic N) is 1. The number of piperazine rings is 1. The van der Waals surface area contributed by atoms with Crippen LogP contribution in [0.2, 0.25) is 0 Å². The standard InChI is InChI=1S/C17H24N2O3.ClH/c1-2-13-22-15-5-3-14(4-6-15)16(20)7-8-17(21)19-11-9-18-10-12-19;/h3-6,18H,2,7-13H2,1H3;1H. The van der Waals surface area contributed by atoms with Gasteiger partial charge >= 0.3 is 0 Å². The van der Waals surface area contributed by atoms with Gasteiger partial charge in [0.15, 0.2) is 5.78 Å². The van der Waals surface area contributed by atoms with E-state index in [1.54, 1.807) is 24.3 Å². The van der Waals surface area contributed by atoms with Gasteiger partial charge in [0.1, 0.15) is 5.75 Å². The second-order valence-corrected chi connectivity index (χ2v) is 5.43. The lowest BCUT2D eigenvalue weighted by Gasteiger charge is -2.27. The molecule has 1 N–H and O–H groups in total. The summed E-state index contributed by atoms with van der Waals surface area (Å²) in [5, 5.41) is 3.21. The van der Waals surface area contributed by atoms with Crippen LogP contribution in [-0.4, -0.2) is 49.4 Å². The minimum atomic E-state index is 0. The molecular weight excluding hydrogens is 316 g/mol. The Bertz CT molecular complexity index is 499. The highest BCUT2D eigenvalue weighted by Gasteiger charge is 2.17. The van der Waals surface area contributed by atoms with E-state index in [0.29, 0.717) is 12.2 Å². The summed E-state index contributed by atoms with van der Waals surface area (Å²) in [5.74, 6) is 0.846. The molecule has 0 unspecified atom stereocenters. The van der Waals surface area contributed by atoms with Gasteiger partial charge in [-0.25, -0.2) is 0 Å². The molecule has 1 fully saturated rings. The third-order valence-electron chi connectivity index (χ3n) is 3.68. The molecular formula is C17H25ClN2O3. The topological polar surface area (TPSA) is 58.6 Å². The Morgan fingerprint density at radius 1 is 1.13 bits per heavy atom. The lowest BCUT2D eigenvalue weighted by molar-refractivity contribution is -0.131. The molecule has 6 heteroatoms. The van der Waals surface area contributed by atoms with Crippen molar-refractivity contribution in [2.45, 2.75) is 26.2 Å². The highest BCUT2D eigenvalue weighted by Crippen LogP contribution is 2.14. The Morgan fingerprint density at radius 3 is 2.39 bits per heavy atom. The van der Waals surface area contributed by atoms with Gasteiger partial charge in [-0.2, -0.15) is 0 Å². The zero-order valence-electron chi connectivity index (χ0n) is 13.5. The van der Waals surface area contributed by atoms with Crippen LogP contribution in [0.25, 0.3) is 0 Å². The van der Waals surface area contributed by atoms with Crippen molar-refractivity contribution in [1.29, 1.82) is 0 Å². The van der Waals surface area contributed by atoms with Crippen molar-refractivity contribution in [3.8, 4) is 5.75 Å². The van der Waals surface area contributed by atoms with E-state index in [9.17, 15) is 9.59 Å². The number of amides is 1. The van der Waals surface area contributed by atoms with E-state index in [2.05, 4.69) is 5.32 Å². The fourth-order valence-electron chi connectivity index (χ4n) is 2.39. The first-order valence-corrected chi connectivity index (χ1v) is 7.95. The molecule has 0 aromatic heterocycles. The quantitative estimate of drug-likeness (QED) is 0.774. The summed E-state index contributed by atoms with van der Waals surface area (Å²) in [6.07, 6.45) is 1.50. The van der Waals surface area contributed by atoms with Crippen LogP contribution >= 0.6 is 12.4 Å². The molecule has 5 nitrogen and oxygen atoms in total. The largest absolute Gasteiger partial charge is 0.494 e. The van der Waals surface area contributed by atoms with E-state index in [1.165, 1.54) is 0 Å². The summed E-state index contributed by atoms with van der Waals surface area (Å²) in [5.41, 5.74) is 0.636. The number of ketones is 1. The average molecular weight is 341 g/mol. The third-order valence-corrected chi connectivity index (χ3v) is 3.68. The Morgan fingerprint density at radius 2 is 1.78 bits per heavy atom. The molecule has 0 aliphatic carbocycles. The first-order valence-electron chi connectivity index (χ1n) is 7.95. The molecule has 23 heavy (non-hydrogen) atoms. The Labute approximate surface area is 143 Å². The number of halogens is 1. The number of ether oxygens (including phenoxy) is 1. The number of carbonyl (C=O) groups is 2. The van der Waals surface area contributed by atoms with Crippen LogP contribution in [0.3, 0.4) is 0 Å². The van der Waals surface area contributed by atoms with Crippen LogP contribution in [0.5, 0.6) is 5.75 Å². The normalized spacial score (nSPS) is 14.0. The van der Waals surface area contributed by atoms with Gasteiger partial charge in [0.2, 0.25) is 5.91 Å². The summed E-state index contributed by atoms with van der Waals surface area (Å²) in [6, 6.07) is 7.15. The van der Waals surface area contributed by atoms with Gasteiger partial charge in [-0.05, 0) is 30.7 Å². The van der Waals surface area contributed by atoms with E-state index >= 15 is 0 Å². The van der Waals surface area contributed by atoms with Crippen molar-refractivity contribution in [1.82, 2.24) is 10.2 Å². The van der Waals surface area contributed by atoms with Gasteiger partial charge in [0.05, 0.1) is 6.61 Å². The van der Waals surface area contributed by atoms with Gasteiger partial charge in [0.25, 0.3) is 0 Å². The monoisotopic (exact) mass is 340 g/mol. The van der Waals surface area contributed by atoms with Crippen LogP contribution < -0.4 is 10.1 Å². The Balaban J connectivity index is 0.00000264. The maximum atomic E-state index is 12.1. The second-order valence-electron chi connectivity index (χ2n) is 5.43. The van der Waals surface area contributed by atoms with Gasteiger partial charge in [-0.1, -0.05) is 6.92 Å². The molecule has 0 atom stereocenters. The molecule has 0 radical (unpaired) electrons. The van der Waals surface area contributed by atoms with Crippen molar-refractivity contribution in [3.05, 3.63) is 29.8 Å². The predicted octanol–water partition coefficient (Wildman–Crippen LogP) is 2.29. The summed E-state index contributed by atoms with van der Waals surface area (Å²) in [6.45, 7) is 5.85. The summed E-state index contributed by atoms with van der Waals surface area (Å²) < 4.78 is 5.49. The predicted molar refractivity (Wildman–Crippen MR) is 92.5 cm³/mol. The molecule has 1 aliphatic rings. The van der Waals surface area contributed by atoms with E-state index in [4.69, 9.17) is 4.74 Å². The van der Waals surface area contributed by atoms with Gasteiger partial charge in [-0.3, -0.25) is 9.59 Å². The zero-order valence-corrected chi connectivity index (χ0v) is 14.4. The average Bonchev–Trinajstić information content (AvgIpc) is 2.58. The molecule has 1 amide bonds. The van der Waals surface area contributed by atoms with Crippen LogP contribution in [-0.2, 0) is 4.79 Å². The van der Waals surface area contributed by atoms with Crippen LogP contribution in [0.1, 0.15) is 36.5 Å². The van der Waals surface area contributed by atoms with Crippen molar-refractivity contribution < 1.29 is 14.3 Å². The molecule has 1 heterocycles. The molecule has 128 valence electrons. The Kier molecular flexibility index (Phi) is 8.66. The fourth-order valence-corrected chi connectivity index (χ4v) is 2.39. The van der Waals surface area contributed by atoms with Crippen LogP contribution in [0.4, 0.5) is 0 Å². The molecule has 0 saturated carbocycles. The maximum Gasteiger partial charge on any atom is 0.223 e. The fraction of sp³-hybridized carbons (Fsp3) is 0.529. The first-order chi connectivity index (χ1) is 10.7. The molecule has 2 rings (SSSR count). The lowest BCUT2D eigenvalue weighted by Crippen LogP contribution is -2.46. The first kappa shape index (κ1) is 19.5. The smallest absolute Gasteiger partial charge is 0.223 e. The highest BCUT2D eigenvalue weighted by atomic mass is 35.5. The third kappa shape index (κ3) is 6.20. The molecule has 1 aliphatic heterocycles. The van der Waals surface area contributed by atoms with Crippen LogP contribution in [0, 0.1) is 0 Å². The van der Waals surface area contributed by atoms with Gasteiger partial charge in [-0.15, -0.1) is 12.4 Å². The summed E-state index contributed by atoms with van der Waals surface area (Å²) in [4.78, 5) is 26.0. The van der Waals surface area contributed by atoms with Crippen molar-refractivity contribution >= 4 is 24.1 Å². The van der Waals surface area contributed by atoms with Crippen molar-refractivity contribution in [3.63, 3.8) is 0 Å². The number of hydrogen-bond acceptors (Lipinski definition) is 4. The maximum absolute atomic E-state index is 12.1. The minimum absolute atomic E-state index is 0. The second kappa shape index (κ2) is 10.2.